The smallest absolute Gasteiger partial charge is 0.382 e. The molecular weight excluding hydrogens is 251 g/mol. The van der Waals surface area contributed by atoms with Gasteiger partial charge < -0.3 is 14.9 Å². The van der Waals surface area contributed by atoms with Gasteiger partial charge >= 0.3 is 7.82 Å². The second-order valence-electron chi connectivity index (χ2n) is 3.55. The van der Waals surface area contributed by atoms with Gasteiger partial charge in [0.05, 0.1) is 6.61 Å². The van der Waals surface area contributed by atoms with E-state index in [1.165, 1.54) is 0 Å². The summed E-state index contributed by atoms with van der Waals surface area (Å²) < 4.78 is 14.2. The van der Waals surface area contributed by atoms with Gasteiger partial charge in [0.1, 0.15) is 6.10 Å². The first-order chi connectivity index (χ1) is 7.78. The molecule has 0 aromatic carbocycles. The van der Waals surface area contributed by atoms with Crippen molar-refractivity contribution in [2.45, 2.75) is 38.7 Å². The van der Waals surface area contributed by atoms with E-state index < -0.39 is 32.1 Å². The molecule has 0 aromatic rings. The zero-order valence-corrected chi connectivity index (χ0v) is 10.4. The van der Waals surface area contributed by atoms with E-state index in [-0.39, 0.29) is 6.42 Å². The largest absolute Gasteiger partial charge is 0.469 e. The highest BCUT2D eigenvalue weighted by molar-refractivity contribution is 7.46. The van der Waals surface area contributed by atoms with Crippen LogP contribution in [0.15, 0.2) is 0 Å². The van der Waals surface area contributed by atoms with Gasteiger partial charge in [0.2, 0.25) is 11.6 Å². The molecule has 0 aliphatic rings. The first kappa shape index (κ1) is 16.4. The van der Waals surface area contributed by atoms with Crippen molar-refractivity contribution < 1.29 is 33.6 Å². The molecule has 0 fully saturated rings. The molecule has 0 rings (SSSR count). The van der Waals surface area contributed by atoms with Crippen molar-refractivity contribution in [3.63, 3.8) is 0 Å². The zero-order chi connectivity index (χ0) is 13.5. The highest BCUT2D eigenvalue weighted by Gasteiger charge is 2.25. The summed E-state index contributed by atoms with van der Waals surface area (Å²) in [5, 5.41) is 9.17. The van der Waals surface area contributed by atoms with E-state index in [4.69, 9.17) is 14.9 Å². The van der Waals surface area contributed by atoms with Crippen molar-refractivity contribution in [3.05, 3.63) is 0 Å². The van der Waals surface area contributed by atoms with Gasteiger partial charge in [-0.2, -0.15) is 0 Å². The van der Waals surface area contributed by atoms with Crippen LogP contribution in [0.4, 0.5) is 0 Å². The van der Waals surface area contributed by atoms with Gasteiger partial charge in [-0.15, -0.1) is 0 Å². The normalized spacial score (nSPS) is 13.4. The summed E-state index contributed by atoms with van der Waals surface area (Å²) in [6.45, 7) is 1.05. The van der Waals surface area contributed by atoms with Gasteiger partial charge in [-0.25, -0.2) is 4.57 Å². The average Bonchev–Trinajstić information content (AvgIpc) is 2.24. The van der Waals surface area contributed by atoms with Crippen molar-refractivity contribution in [2.75, 3.05) is 6.61 Å². The second kappa shape index (κ2) is 7.68. The van der Waals surface area contributed by atoms with E-state index in [2.05, 4.69) is 4.52 Å². The Balaban J connectivity index is 4.03. The van der Waals surface area contributed by atoms with Crippen LogP contribution in [0.3, 0.4) is 0 Å². The van der Waals surface area contributed by atoms with Crippen molar-refractivity contribution in [3.8, 4) is 0 Å². The number of aliphatic hydroxyl groups excluding tert-OH is 1. The molecule has 0 bridgehead atoms. The fraction of sp³-hybridized carbons (Fsp3) is 0.778. The molecular formula is C9H17O7P. The Bertz CT molecular complexity index is 308. The predicted octanol–water partition coefficient (Wildman–Crippen LogP) is 0.175. The molecule has 0 amide bonds. The third-order valence-corrected chi connectivity index (χ3v) is 2.47. The number of ketones is 2. The van der Waals surface area contributed by atoms with Crippen LogP contribution < -0.4 is 0 Å². The van der Waals surface area contributed by atoms with E-state index >= 15 is 0 Å². The van der Waals surface area contributed by atoms with E-state index in [9.17, 15) is 14.2 Å². The van der Waals surface area contributed by atoms with E-state index in [0.29, 0.717) is 6.42 Å². The highest BCUT2D eigenvalue weighted by atomic mass is 31.2. The lowest BCUT2D eigenvalue weighted by molar-refractivity contribution is -0.142. The van der Waals surface area contributed by atoms with E-state index in [0.717, 1.165) is 12.8 Å². The summed E-state index contributed by atoms with van der Waals surface area (Å²) in [5.41, 5.74) is 0. The molecule has 100 valence electrons. The molecule has 1 unspecified atom stereocenters. The van der Waals surface area contributed by atoms with Gasteiger partial charge in [0, 0.05) is 6.42 Å². The highest BCUT2D eigenvalue weighted by Crippen LogP contribution is 2.35. The predicted molar refractivity (Wildman–Crippen MR) is 58.2 cm³/mol. The lowest BCUT2D eigenvalue weighted by atomic mass is 10.1. The Morgan fingerprint density at radius 1 is 1.29 bits per heavy atom. The lowest BCUT2D eigenvalue weighted by Crippen LogP contribution is -2.32. The molecule has 0 aliphatic heterocycles. The molecule has 7 nitrogen and oxygen atoms in total. The number of phosphoric acid groups is 1. The van der Waals surface area contributed by atoms with Crippen LogP contribution in [-0.2, 0) is 18.7 Å². The monoisotopic (exact) mass is 268 g/mol. The van der Waals surface area contributed by atoms with Crippen LogP contribution in [0.2, 0.25) is 0 Å². The lowest BCUT2D eigenvalue weighted by Gasteiger charge is -2.09. The molecule has 0 saturated heterocycles. The Kier molecular flexibility index (Phi) is 7.41. The summed E-state index contributed by atoms with van der Waals surface area (Å²) in [4.78, 5) is 39.1. The van der Waals surface area contributed by atoms with Gasteiger partial charge in [-0.3, -0.25) is 14.1 Å². The maximum Gasteiger partial charge on any atom is 0.469 e. The maximum atomic E-state index is 11.2. The van der Waals surface area contributed by atoms with Crippen molar-refractivity contribution in [1.29, 1.82) is 0 Å². The molecule has 3 N–H and O–H groups in total. The van der Waals surface area contributed by atoms with Crippen molar-refractivity contribution in [1.82, 2.24) is 0 Å². The first-order valence-electron chi connectivity index (χ1n) is 5.23. The number of aliphatic hydroxyl groups is 1. The van der Waals surface area contributed by atoms with Gasteiger partial charge in [-0.1, -0.05) is 19.8 Å². The zero-order valence-electron chi connectivity index (χ0n) is 9.53. The number of Topliss-reactive ketones (excluding diaryl/α,β-unsaturated/α-hetero) is 2. The molecule has 0 saturated carbocycles. The minimum atomic E-state index is -4.74. The van der Waals surface area contributed by atoms with Crippen LogP contribution in [0, 0.1) is 0 Å². The van der Waals surface area contributed by atoms with Gasteiger partial charge in [-0.05, 0) is 6.42 Å². The molecule has 8 heteroatoms. The Morgan fingerprint density at radius 3 is 2.35 bits per heavy atom. The van der Waals surface area contributed by atoms with Crippen LogP contribution >= 0.6 is 7.82 Å². The summed E-state index contributed by atoms with van der Waals surface area (Å²) in [7, 11) is -4.74. The molecule has 17 heavy (non-hydrogen) atoms. The Labute approximate surface area is 99.0 Å². The fourth-order valence-electron chi connectivity index (χ4n) is 1.09. The summed E-state index contributed by atoms with van der Waals surface area (Å²) in [5.74, 6) is -1.82. The first-order valence-corrected chi connectivity index (χ1v) is 6.76. The summed E-state index contributed by atoms with van der Waals surface area (Å²) in [6.07, 6.45) is 0.448. The molecule has 0 spiro atoms. The number of phosphoric ester groups is 1. The molecule has 0 aliphatic carbocycles. The molecule has 0 aromatic heterocycles. The van der Waals surface area contributed by atoms with E-state index in [1.807, 2.05) is 6.92 Å². The molecule has 0 radical (unpaired) electrons. The number of hydrogen-bond acceptors (Lipinski definition) is 5. The SMILES string of the molecule is CCCCCC(=O)C(=O)C(O)COP(=O)(O)O. The van der Waals surface area contributed by atoms with Gasteiger partial charge in [0.15, 0.2) is 0 Å². The van der Waals surface area contributed by atoms with Gasteiger partial charge in [0.25, 0.3) is 0 Å². The number of rotatable bonds is 9. The van der Waals surface area contributed by atoms with Crippen molar-refractivity contribution >= 4 is 19.4 Å². The van der Waals surface area contributed by atoms with Crippen LogP contribution in [0.5, 0.6) is 0 Å². The van der Waals surface area contributed by atoms with Crippen LogP contribution in [-0.4, -0.2) is 39.2 Å². The van der Waals surface area contributed by atoms with Crippen molar-refractivity contribution in [2.24, 2.45) is 0 Å². The third kappa shape index (κ3) is 8.18. The topological polar surface area (TPSA) is 121 Å². The molecule has 1 atom stereocenters. The average molecular weight is 268 g/mol. The Hall–Kier alpha value is -0.590. The Morgan fingerprint density at radius 2 is 1.88 bits per heavy atom. The standard InChI is InChI=1S/C9H17O7P/c1-2-3-4-5-7(10)9(12)8(11)6-16-17(13,14)15/h8,11H,2-6H2,1H3,(H2,13,14,15). The van der Waals surface area contributed by atoms with Crippen LogP contribution in [0.25, 0.3) is 0 Å². The number of carbonyl (C=O) groups is 2. The fourth-order valence-corrected chi connectivity index (χ4v) is 1.42. The molecule has 0 heterocycles. The number of carbonyl (C=O) groups excluding carboxylic acids is 2. The maximum absolute atomic E-state index is 11.2. The van der Waals surface area contributed by atoms with E-state index in [1.54, 1.807) is 0 Å². The summed E-state index contributed by atoms with van der Waals surface area (Å²) in [6, 6.07) is 0. The third-order valence-electron chi connectivity index (χ3n) is 1.99. The minimum absolute atomic E-state index is 0.0274. The second-order valence-corrected chi connectivity index (χ2v) is 4.79. The summed E-state index contributed by atoms with van der Waals surface area (Å²) >= 11 is 0. The quantitative estimate of drug-likeness (QED) is 0.309. The number of hydrogen-bond donors (Lipinski definition) is 3. The minimum Gasteiger partial charge on any atom is -0.382 e. The number of unbranched alkanes of at least 4 members (excludes halogenated alkanes) is 2. The van der Waals surface area contributed by atoms with Crippen LogP contribution in [0.1, 0.15) is 32.6 Å².